The standard InChI is InChI=1S/C28H35N3O3/c1-30-26(19-12-14-21(34-2)15-13-19)25(22-9-3-4-10-23(22)28(30)33)27(32)29-18-20-8-7-17-31-16-6-5-11-24(20)31/h3-4,9-10,12-15,20,24-26H,5-8,11,16-18H2,1-2H3,(H,29,32)/t20-,24+,25?,26?/m0/s1. The van der Waals surface area contributed by atoms with Gasteiger partial charge in [-0.25, -0.2) is 0 Å². The predicted octanol–water partition coefficient (Wildman–Crippen LogP) is 3.99. The van der Waals surface area contributed by atoms with Gasteiger partial charge in [0.15, 0.2) is 0 Å². The predicted molar refractivity (Wildman–Crippen MR) is 132 cm³/mol. The Morgan fingerprint density at radius 3 is 2.59 bits per heavy atom. The highest BCUT2D eigenvalue weighted by atomic mass is 16.5. The molecule has 6 heteroatoms. The number of ether oxygens (including phenoxy) is 1. The van der Waals surface area contributed by atoms with Crippen molar-refractivity contribution in [2.45, 2.75) is 50.1 Å². The molecule has 0 radical (unpaired) electrons. The lowest BCUT2D eigenvalue weighted by atomic mass is 9.79. The number of nitrogens with zero attached hydrogens (tertiary/aromatic N) is 2. The average Bonchev–Trinajstić information content (AvgIpc) is 2.89. The number of methoxy groups -OCH3 is 1. The summed E-state index contributed by atoms with van der Waals surface area (Å²) in [5.74, 6) is 0.740. The van der Waals surface area contributed by atoms with Crippen LogP contribution < -0.4 is 10.1 Å². The number of piperidine rings is 2. The van der Waals surface area contributed by atoms with Crippen molar-refractivity contribution in [2.75, 3.05) is 33.8 Å². The lowest BCUT2D eigenvalue weighted by Crippen LogP contribution is -2.52. The zero-order valence-electron chi connectivity index (χ0n) is 20.2. The smallest absolute Gasteiger partial charge is 0.254 e. The molecule has 0 aliphatic carbocycles. The molecule has 2 fully saturated rings. The highest BCUT2D eigenvalue weighted by molar-refractivity contribution is 6.01. The van der Waals surface area contributed by atoms with Gasteiger partial charge in [0.25, 0.3) is 5.91 Å². The molecule has 3 aliphatic heterocycles. The molecule has 34 heavy (non-hydrogen) atoms. The summed E-state index contributed by atoms with van der Waals surface area (Å²) < 4.78 is 5.32. The second-order valence-corrected chi connectivity index (χ2v) is 9.95. The van der Waals surface area contributed by atoms with Crippen molar-refractivity contribution >= 4 is 11.8 Å². The third-order valence-corrected chi connectivity index (χ3v) is 8.09. The van der Waals surface area contributed by atoms with Crippen LogP contribution in [0.2, 0.25) is 0 Å². The number of carbonyl (C=O) groups is 2. The van der Waals surface area contributed by atoms with E-state index in [9.17, 15) is 9.59 Å². The Labute approximate surface area is 202 Å². The molecule has 2 aromatic carbocycles. The number of nitrogens with one attached hydrogen (secondary N) is 1. The number of rotatable bonds is 5. The number of fused-ring (bicyclic) bond motifs is 2. The Kier molecular flexibility index (Phi) is 6.59. The first-order valence-electron chi connectivity index (χ1n) is 12.6. The number of amides is 2. The third-order valence-electron chi connectivity index (χ3n) is 8.09. The number of hydrogen-bond acceptors (Lipinski definition) is 4. The summed E-state index contributed by atoms with van der Waals surface area (Å²) >= 11 is 0. The topological polar surface area (TPSA) is 61.9 Å². The quantitative estimate of drug-likeness (QED) is 0.732. The SMILES string of the molecule is COc1ccc(C2C(C(=O)NC[C@@H]3CCCN4CCCC[C@H]34)c3ccccc3C(=O)N2C)cc1. The van der Waals surface area contributed by atoms with E-state index in [1.54, 1.807) is 19.1 Å². The van der Waals surface area contributed by atoms with Gasteiger partial charge in [0.1, 0.15) is 5.75 Å². The van der Waals surface area contributed by atoms with Crippen LogP contribution in [-0.2, 0) is 4.79 Å². The zero-order valence-corrected chi connectivity index (χ0v) is 20.2. The Balaban J connectivity index is 1.42. The summed E-state index contributed by atoms with van der Waals surface area (Å²) in [5.41, 5.74) is 2.36. The van der Waals surface area contributed by atoms with Crippen molar-refractivity contribution in [3.05, 3.63) is 65.2 Å². The molecule has 1 N–H and O–H groups in total. The van der Waals surface area contributed by atoms with E-state index in [1.165, 1.54) is 45.2 Å². The van der Waals surface area contributed by atoms with Crippen LogP contribution in [0, 0.1) is 5.92 Å². The molecule has 0 bridgehead atoms. The van der Waals surface area contributed by atoms with E-state index in [4.69, 9.17) is 4.74 Å². The van der Waals surface area contributed by atoms with Crippen LogP contribution in [0.4, 0.5) is 0 Å². The number of likely N-dealkylation sites (N-methyl/N-ethyl adjacent to an activating group) is 1. The van der Waals surface area contributed by atoms with Crippen LogP contribution in [-0.4, -0.2) is 61.4 Å². The molecular weight excluding hydrogens is 426 g/mol. The van der Waals surface area contributed by atoms with Crippen molar-refractivity contribution in [1.82, 2.24) is 15.1 Å². The molecule has 2 unspecified atom stereocenters. The van der Waals surface area contributed by atoms with Crippen molar-refractivity contribution in [3.8, 4) is 5.75 Å². The first kappa shape index (κ1) is 22.9. The van der Waals surface area contributed by atoms with Gasteiger partial charge < -0.3 is 19.9 Å². The van der Waals surface area contributed by atoms with Gasteiger partial charge in [-0.15, -0.1) is 0 Å². The molecule has 5 rings (SSSR count). The fourth-order valence-corrected chi connectivity index (χ4v) is 6.33. The Bertz CT molecular complexity index is 1040. The summed E-state index contributed by atoms with van der Waals surface area (Å²) in [6, 6.07) is 15.5. The molecule has 180 valence electrons. The molecule has 3 heterocycles. The summed E-state index contributed by atoms with van der Waals surface area (Å²) in [5, 5.41) is 3.33. The molecular formula is C28H35N3O3. The van der Waals surface area contributed by atoms with E-state index in [0.717, 1.165) is 16.9 Å². The largest absolute Gasteiger partial charge is 0.497 e. The van der Waals surface area contributed by atoms with Crippen LogP contribution in [0.5, 0.6) is 5.75 Å². The van der Waals surface area contributed by atoms with E-state index in [0.29, 0.717) is 24.1 Å². The van der Waals surface area contributed by atoms with E-state index in [-0.39, 0.29) is 17.9 Å². The van der Waals surface area contributed by atoms with E-state index in [1.807, 2.05) is 48.5 Å². The van der Waals surface area contributed by atoms with Crippen LogP contribution in [0.25, 0.3) is 0 Å². The number of benzene rings is 2. The molecule has 0 spiro atoms. The molecule has 2 amide bonds. The summed E-state index contributed by atoms with van der Waals surface area (Å²) in [7, 11) is 3.44. The van der Waals surface area contributed by atoms with Crippen LogP contribution in [0.3, 0.4) is 0 Å². The first-order valence-corrected chi connectivity index (χ1v) is 12.6. The Morgan fingerprint density at radius 2 is 1.79 bits per heavy atom. The molecule has 0 aromatic heterocycles. The maximum Gasteiger partial charge on any atom is 0.254 e. The fraction of sp³-hybridized carbons (Fsp3) is 0.500. The van der Waals surface area contributed by atoms with Gasteiger partial charge >= 0.3 is 0 Å². The van der Waals surface area contributed by atoms with Crippen molar-refractivity contribution in [1.29, 1.82) is 0 Å². The van der Waals surface area contributed by atoms with Crippen molar-refractivity contribution in [2.24, 2.45) is 5.92 Å². The average molecular weight is 462 g/mol. The highest BCUT2D eigenvalue weighted by Crippen LogP contribution is 2.42. The van der Waals surface area contributed by atoms with Crippen molar-refractivity contribution in [3.63, 3.8) is 0 Å². The van der Waals surface area contributed by atoms with E-state index < -0.39 is 5.92 Å². The second kappa shape index (κ2) is 9.79. The Hall–Kier alpha value is -2.86. The fourth-order valence-electron chi connectivity index (χ4n) is 6.33. The second-order valence-electron chi connectivity index (χ2n) is 9.95. The number of carbonyl (C=O) groups excluding carboxylic acids is 2. The lowest BCUT2D eigenvalue weighted by Gasteiger charge is -2.45. The normalized spacial score (nSPS) is 27.0. The molecule has 2 aromatic rings. The minimum absolute atomic E-state index is 0.000510. The van der Waals surface area contributed by atoms with Crippen LogP contribution in [0.1, 0.15) is 65.5 Å². The molecule has 4 atom stereocenters. The highest BCUT2D eigenvalue weighted by Gasteiger charge is 2.43. The summed E-state index contributed by atoms with van der Waals surface area (Å²) in [6.07, 6.45) is 6.18. The van der Waals surface area contributed by atoms with E-state index >= 15 is 0 Å². The van der Waals surface area contributed by atoms with Gasteiger partial charge in [-0.2, -0.15) is 0 Å². The van der Waals surface area contributed by atoms with Gasteiger partial charge in [-0.1, -0.05) is 36.8 Å². The zero-order chi connectivity index (χ0) is 23.7. The van der Waals surface area contributed by atoms with Crippen LogP contribution in [0.15, 0.2) is 48.5 Å². The first-order chi connectivity index (χ1) is 16.6. The Morgan fingerprint density at radius 1 is 1.03 bits per heavy atom. The maximum absolute atomic E-state index is 13.8. The van der Waals surface area contributed by atoms with E-state index in [2.05, 4.69) is 10.2 Å². The maximum atomic E-state index is 13.8. The van der Waals surface area contributed by atoms with Crippen LogP contribution >= 0.6 is 0 Å². The van der Waals surface area contributed by atoms with Gasteiger partial charge in [-0.05, 0) is 74.0 Å². The van der Waals surface area contributed by atoms with Gasteiger partial charge in [0.05, 0.1) is 19.1 Å². The van der Waals surface area contributed by atoms with Gasteiger partial charge in [0, 0.05) is 25.2 Å². The minimum Gasteiger partial charge on any atom is -0.497 e. The third kappa shape index (κ3) is 4.20. The molecule has 0 saturated carbocycles. The molecule has 2 saturated heterocycles. The van der Waals surface area contributed by atoms with Gasteiger partial charge in [0.2, 0.25) is 5.91 Å². The minimum atomic E-state index is -0.460. The lowest BCUT2D eigenvalue weighted by molar-refractivity contribution is -0.124. The van der Waals surface area contributed by atoms with Gasteiger partial charge in [-0.3, -0.25) is 9.59 Å². The summed E-state index contributed by atoms with van der Waals surface area (Å²) in [6.45, 7) is 3.08. The monoisotopic (exact) mass is 461 g/mol. The molecule has 3 aliphatic rings. The van der Waals surface area contributed by atoms with Crippen molar-refractivity contribution < 1.29 is 14.3 Å². The summed E-state index contributed by atoms with van der Waals surface area (Å²) in [4.78, 5) is 31.4. The molecule has 6 nitrogen and oxygen atoms in total. The number of hydrogen-bond donors (Lipinski definition) is 1.